The highest BCUT2D eigenvalue weighted by Gasteiger charge is 2.24. The van der Waals surface area contributed by atoms with Crippen LogP contribution in [0.2, 0.25) is 0 Å². The van der Waals surface area contributed by atoms with E-state index in [1.54, 1.807) is 0 Å². The van der Waals surface area contributed by atoms with Crippen molar-refractivity contribution >= 4 is 11.9 Å². The van der Waals surface area contributed by atoms with Crippen molar-refractivity contribution in [2.75, 3.05) is 18.0 Å². The summed E-state index contributed by atoms with van der Waals surface area (Å²) in [5.74, 6) is 4.21. The van der Waals surface area contributed by atoms with Gasteiger partial charge in [0.05, 0.1) is 0 Å². The van der Waals surface area contributed by atoms with Crippen LogP contribution < -0.4 is 10.2 Å². The number of tetrazole rings is 1. The van der Waals surface area contributed by atoms with Crippen LogP contribution in [0.5, 0.6) is 0 Å². The first-order valence-corrected chi connectivity index (χ1v) is 8.50. The molecule has 0 radical (unpaired) electrons. The number of piperidine rings is 1. The van der Waals surface area contributed by atoms with E-state index in [0.717, 1.165) is 51.1 Å². The molecule has 2 heterocycles. The summed E-state index contributed by atoms with van der Waals surface area (Å²) in [6.45, 7) is 2.53. The number of amides is 1. The minimum atomic E-state index is 0.134. The van der Waals surface area contributed by atoms with Gasteiger partial charge in [-0.3, -0.25) is 4.79 Å². The fourth-order valence-electron chi connectivity index (χ4n) is 3.07. The lowest BCUT2D eigenvalue weighted by molar-refractivity contribution is -0.121. The zero-order valence-electron chi connectivity index (χ0n) is 13.4. The number of aromatic nitrogens is 4. The smallest absolute Gasteiger partial charge is 0.245 e. The molecule has 1 atom stereocenters. The lowest BCUT2D eigenvalue weighted by Crippen LogP contribution is -2.37. The fraction of sp³-hybridized carbons (Fsp3) is 0.750. The monoisotopic (exact) mass is 316 g/mol. The third-order valence-electron chi connectivity index (χ3n) is 4.44. The second-order valence-corrected chi connectivity index (χ2v) is 6.51. The van der Waals surface area contributed by atoms with Crippen molar-refractivity contribution < 1.29 is 4.79 Å². The van der Waals surface area contributed by atoms with E-state index in [1.165, 1.54) is 6.42 Å². The summed E-state index contributed by atoms with van der Waals surface area (Å²) in [4.78, 5) is 13.9. The van der Waals surface area contributed by atoms with Crippen LogP contribution in [0.15, 0.2) is 0 Å². The van der Waals surface area contributed by atoms with Crippen LogP contribution in [0, 0.1) is 18.3 Å². The molecule has 7 nitrogen and oxygen atoms in total. The number of anilines is 1. The largest absolute Gasteiger partial charge is 0.353 e. The van der Waals surface area contributed by atoms with Crippen molar-refractivity contribution in [3.8, 4) is 12.3 Å². The molecule has 3 rings (SSSR count). The van der Waals surface area contributed by atoms with Crippen molar-refractivity contribution in [1.29, 1.82) is 0 Å². The number of carbonyl (C=O) groups is 1. The summed E-state index contributed by atoms with van der Waals surface area (Å²) in [6, 6.07) is 0.424. The second-order valence-electron chi connectivity index (χ2n) is 6.51. The van der Waals surface area contributed by atoms with Gasteiger partial charge in [-0.05, 0) is 48.4 Å². The fourth-order valence-corrected chi connectivity index (χ4v) is 3.07. The van der Waals surface area contributed by atoms with Crippen LogP contribution in [0.4, 0.5) is 5.95 Å². The molecule has 1 saturated carbocycles. The van der Waals surface area contributed by atoms with E-state index in [1.807, 2.05) is 4.68 Å². The molecule has 1 saturated heterocycles. The molecular weight excluding hydrogens is 292 g/mol. The average molecular weight is 316 g/mol. The van der Waals surface area contributed by atoms with Crippen LogP contribution in [-0.2, 0) is 11.3 Å². The SMILES string of the molecule is C#CCC1CCCN(c2nnnn2CCCC(=O)NC2CC2)C1. The highest BCUT2D eigenvalue weighted by molar-refractivity contribution is 5.76. The Morgan fingerprint density at radius 2 is 2.26 bits per heavy atom. The van der Waals surface area contributed by atoms with Crippen LogP contribution in [0.25, 0.3) is 0 Å². The van der Waals surface area contributed by atoms with Crippen LogP contribution in [0.3, 0.4) is 0 Å². The van der Waals surface area contributed by atoms with E-state index in [-0.39, 0.29) is 5.91 Å². The molecule has 1 aliphatic carbocycles. The average Bonchev–Trinajstić information content (AvgIpc) is 3.23. The molecule has 124 valence electrons. The summed E-state index contributed by atoms with van der Waals surface area (Å²) in [5.41, 5.74) is 0. The van der Waals surface area contributed by atoms with Crippen LogP contribution in [-0.4, -0.2) is 45.2 Å². The van der Waals surface area contributed by atoms with Crippen molar-refractivity contribution in [2.45, 2.75) is 57.5 Å². The topological polar surface area (TPSA) is 75.9 Å². The molecule has 0 aromatic carbocycles. The molecule has 1 aliphatic heterocycles. The van der Waals surface area contributed by atoms with E-state index in [4.69, 9.17) is 6.42 Å². The highest BCUT2D eigenvalue weighted by Crippen LogP contribution is 2.23. The third-order valence-corrected chi connectivity index (χ3v) is 4.44. The van der Waals surface area contributed by atoms with Crippen molar-refractivity contribution in [1.82, 2.24) is 25.5 Å². The maximum Gasteiger partial charge on any atom is 0.245 e. The number of hydrogen-bond donors (Lipinski definition) is 1. The number of aryl methyl sites for hydroxylation is 1. The van der Waals surface area contributed by atoms with Crippen molar-refractivity contribution in [3.05, 3.63) is 0 Å². The Balaban J connectivity index is 1.50. The summed E-state index contributed by atoms with van der Waals surface area (Å²) < 4.78 is 1.81. The molecule has 7 heteroatoms. The van der Waals surface area contributed by atoms with Crippen molar-refractivity contribution in [2.24, 2.45) is 5.92 Å². The zero-order chi connectivity index (χ0) is 16.1. The molecule has 23 heavy (non-hydrogen) atoms. The molecule has 1 aromatic rings. The standard InChI is InChI=1S/C16H24N6O/c1-2-5-13-6-3-10-21(12-13)16-18-19-20-22(16)11-4-7-15(23)17-14-8-9-14/h1,13-14H,3-12H2,(H,17,23). The highest BCUT2D eigenvalue weighted by atomic mass is 16.1. The molecule has 1 amide bonds. The molecule has 0 bridgehead atoms. The molecule has 2 aliphatic rings. The number of nitrogens with zero attached hydrogens (tertiary/aromatic N) is 5. The lowest BCUT2D eigenvalue weighted by Gasteiger charge is -2.32. The third kappa shape index (κ3) is 4.44. The molecule has 0 spiro atoms. The molecular formula is C16H24N6O. The van der Waals surface area contributed by atoms with Gasteiger partial charge < -0.3 is 10.2 Å². The molecule has 1 N–H and O–H groups in total. The number of hydrogen-bond acceptors (Lipinski definition) is 5. The minimum absolute atomic E-state index is 0.134. The summed E-state index contributed by atoms with van der Waals surface area (Å²) in [7, 11) is 0. The van der Waals surface area contributed by atoms with Gasteiger partial charge in [0.2, 0.25) is 11.9 Å². The number of nitrogens with one attached hydrogen (secondary N) is 1. The van der Waals surface area contributed by atoms with Gasteiger partial charge in [-0.15, -0.1) is 12.3 Å². The van der Waals surface area contributed by atoms with Gasteiger partial charge in [0.25, 0.3) is 0 Å². The molecule has 1 aromatic heterocycles. The van der Waals surface area contributed by atoms with E-state index in [0.29, 0.717) is 24.9 Å². The van der Waals surface area contributed by atoms with E-state index in [9.17, 15) is 4.79 Å². The van der Waals surface area contributed by atoms with Crippen molar-refractivity contribution in [3.63, 3.8) is 0 Å². The van der Waals surface area contributed by atoms with Gasteiger partial charge in [-0.1, -0.05) is 5.10 Å². The quantitative estimate of drug-likeness (QED) is 0.759. The predicted octanol–water partition coefficient (Wildman–Crippen LogP) is 0.972. The van der Waals surface area contributed by atoms with E-state index >= 15 is 0 Å². The van der Waals surface area contributed by atoms with Gasteiger partial charge >= 0.3 is 0 Å². The number of terminal acetylenes is 1. The maximum atomic E-state index is 11.7. The summed E-state index contributed by atoms with van der Waals surface area (Å²) in [5, 5.41) is 15.0. The Hall–Kier alpha value is -2.10. The Labute approximate surface area is 136 Å². The normalized spacial score (nSPS) is 21.0. The Morgan fingerprint density at radius 1 is 1.39 bits per heavy atom. The van der Waals surface area contributed by atoms with E-state index in [2.05, 4.69) is 31.7 Å². The second kappa shape index (κ2) is 7.44. The van der Waals surface area contributed by atoms with Crippen LogP contribution >= 0.6 is 0 Å². The molecule has 2 fully saturated rings. The first-order valence-electron chi connectivity index (χ1n) is 8.50. The van der Waals surface area contributed by atoms with Gasteiger partial charge in [0.1, 0.15) is 0 Å². The maximum absolute atomic E-state index is 11.7. The van der Waals surface area contributed by atoms with Gasteiger partial charge in [0, 0.05) is 38.5 Å². The Kier molecular flexibility index (Phi) is 5.11. The Morgan fingerprint density at radius 3 is 3.04 bits per heavy atom. The van der Waals surface area contributed by atoms with Gasteiger partial charge in [0.15, 0.2) is 0 Å². The first-order chi connectivity index (χ1) is 11.3. The van der Waals surface area contributed by atoms with E-state index < -0.39 is 0 Å². The minimum Gasteiger partial charge on any atom is -0.353 e. The lowest BCUT2D eigenvalue weighted by atomic mass is 9.95. The predicted molar refractivity (Wildman–Crippen MR) is 86.6 cm³/mol. The van der Waals surface area contributed by atoms with Gasteiger partial charge in [-0.2, -0.15) is 0 Å². The summed E-state index contributed by atoms with van der Waals surface area (Å²) >= 11 is 0. The zero-order valence-corrected chi connectivity index (χ0v) is 13.4. The van der Waals surface area contributed by atoms with Gasteiger partial charge in [-0.25, -0.2) is 4.68 Å². The Bertz CT molecular complexity index is 573. The summed E-state index contributed by atoms with van der Waals surface area (Å²) in [6.07, 6.45) is 12.0. The number of carbonyl (C=O) groups excluding carboxylic acids is 1. The van der Waals surface area contributed by atoms with Crippen LogP contribution in [0.1, 0.15) is 44.9 Å². The number of rotatable bonds is 7. The molecule has 1 unspecified atom stereocenters. The first kappa shape index (κ1) is 15.8.